The molecule has 1 aliphatic heterocycles. The molecule has 1 fully saturated rings. The summed E-state index contributed by atoms with van der Waals surface area (Å²) in [6.07, 6.45) is 0.518. The maximum absolute atomic E-state index is 12.6. The van der Waals surface area contributed by atoms with Crippen LogP contribution in [0.15, 0.2) is 36.4 Å². The van der Waals surface area contributed by atoms with Gasteiger partial charge in [-0.3, -0.25) is 9.59 Å². The molecule has 2 aromatic heterocycles. The molecule has 1 unspecified atom stereocenters. The number of amides is 1. The van der Waals surface area contributed by atoms with Crippen LogP contribution in [0.3, 0.4) is 0 Å². The molecule has 128 valence electrons. The summed E-state index contributed by atoms with van der Waals surface area (Å²) < 4.78 is 0.959. The molecule has 3 aromatic rings. The maximum Gasteiger partial charge on any atom is 0.308 e. The van der Waals surface area contributed by atoms with E-state index in [1.165, 1.54) is 22.7 Å². The van der Waals surface area contributed by atoms with E-state index in [0.29, 0.717) is 17.8 Å². The number of benzene rings is 1. The number of thiazole rings is 1. The molecule has 0 spiro atoms. The van der Waals surface area contributed by atoms with Crippen LogP contribution in [0.2, 0.25) is 0 Å². The summed E-state index contributed by atoms with van der Waals surface area (Å²) in [5.74, 6) is -1.39. The number of carboxylic acids is 1. The first-order chi connectivity index (χ1) is 12.1. The normalized spacial score (nSPS) is 17.1. The van der Waals surface area contributed by atoms with Crippen molar-refractivity contribution in [1.29, 1.82) is 0 Å². The number of aromatic nitrogens is 1. The van der Waals surface area contributed by atoms with Gasteiger partial charge in [0.2, 0.25) is 0 Å². The highest BCUT2D eigenvalue weighted by molar-refractivity contribution is 7.29. The highest BCUT2D eigenvalue weighted by Gasteiger charge is 2.32. The SMILES string of the molecule is O=C(O)C1CCN(C(=O)c2cc3sc(Nc4ccccc4)nc3s2)C1. The van der Waals surface area contributed by atoms with Gasteiger partial charge in [-0.1, -0.05) is 29.5 Å². The van der Waals surface area contributed by atoms with Gasteiger partial charge in [0.1, 0.15) is 4.83 Å². The standard InChI is InChI=1S/C17H15N3O3S2/c21-15(20-7-6-10(9-20)16(22)23)13-8-12-14(24-13)19-17(25-12)18-11-4-2-1-3-5-11/h1-5,8,10H,6-7,9H2,(H,18,19)(H,22,23). The van der Waals surface area contributed by atoms with Gasteiger partial charge in [-0.05, 0) is 24.6 Å². The Kier molecular flexibility index (Phi) is 4.14. The minimum Gasteiger partial charge on any atom is -0.481 e. The van der Waals surface area contributed by atoms with Crippen LogP contribution in [0.4, 0.5) is 10.8 Å². The highest BCUT2D eigenvalue weighted by atomic mass is 32.1. The first-order valence-electron chi connectivity index (χ1n) is 7.84. The molecule has 2 N–H and O–H groups in total. The zero-order valence-corrected chi connectivity index (χ0v) is 14.8. The largest absolute Gasteiger partial charge is 0.481 e. The van der Waals surface area contributed by atoms with E-state index in [1.54, 1.807) is 4.90 Å². The van der Waals surface area contributed by atoms with Gasteiger partial charge in [0.05, 0.1) is 15.5 Å². The zero-order valence-electron chi connectivity index (χ0n) is 13.1. The van der Waals surface area contributed by atoms with Crippen molar-refractivity contribution in [1.82, 2.24) is 9.88 Å². The number of hydrogen-bond acceptors (Lipinski definition) is 6. The second-order valence-corrected chi connectivity index (χ2v) is 7.93. The molecule has 0 radical (unpaired) electrons. The van der Waals surface area contributed by atoms with Gasteiger partial charge < -0.3 is 15.3 Å². The first kappa shape index (κ1) is 16.0. The first-order valence-corrected chi connectivity index (χ1v) is 9.48. The third-order valence-electron chi connectivity index (χ3n) is 4.15. The van der Waals surface area contributed by atoms with E-state index in [0.717, 1.165) is 20.3 Å². The molecule has 1 saturated heterocycles. The molecular formula is C17H15N3O3S2. The monoisotopic (exact) mass is 373 g/mol. The van der Waals surface area contributed by atoms with Crippen molar-refractivity contribution < 1.29 is 14.7 Å². The number of para-hydroxylation sites is 1. The molecule has 0 aliphatic carbocycles. The average Bonchev–Trinajstić information content (AvgIpc) is 3.29. The van der Waals surface area contributed by atoms with E-state index >= 15 is 0 Å². The van der Waals surface area contributed by atoms with Crippen LogP contribution in [0, 0.1) is 5.92 Å². The summed E-state index contributed by atoms with van der Waals surface area (Å²) in [6, 6.07) is 11.7. The van der Waals surface area contributed by atoms with Gasteiger partial charge in [0.15, 0.2) is 5.13 Å². The number of aliphatic carboxylic acids is 1. The number of carbonyl (C=O) groups is 2. The quantitative estimate of drug-likeness (QED) is 0.729. The number of anilines is 2. The van der Waals surface area contributed by atoms with E-state index in [9.17, 15) is 9.59 Å². The van der Waals surface area contributed by atoms with Crippen molar-refractivity contribution >= 4 is 54.9 Å². The Morgan fingerprint density at radius 2 is 2.04 bits per heavy atom. The Labute approximate surface area is 151 Å². The Balaban J connectivity index is 1.50. The van der Waals surface area contributed by atoms with E-state index in [2.05, 4.69) is 10.3 Å². The third-order valence-corrected chi connectivity index (χ3v) is 6.21. The second kappa shape index (κ2) is 6.45. The summed E-state index contributed by atoms with van der Waals surface area (Å²) in [4.78, 5) is 31.2. The number of likely N-dealkylation sites (tertiary alicyclic amines) is 1. The molecule has 1 atom stereocenters. The van der Waals surface area contributed by atoms with E-state index in [-0.39, 0.29) is 12.5 Å². The summed E-state index contributed by atoms with van der Waals surface area (Å²) in [5.41, 5.74) is 0.969. The van der Waals surface area contributed by atoms with Crippen molar-refractivity contribution in [3.63, 3.8) is 0 Å². The topological polar surface area (TPSA) is 82.5 Å². The fourth-order valence-corrected chi connectivity index (χ4v) is 4.95. The van der Waals surface area contributed by atoms with Gasteiger partial charge in [-0.2, -0.15) is 0 Å². The molecule has 1 amide bonds. The molecule has 1 aromatic carbocycles. The van der Waals surface area contributed by atoms with Gasteiger partial charge in [0, 0.05) is 18.8 Å². The van der Waals surface area contributed by atoms with Crippen LogP contribution in [0.25, 0.3) is 9.53 Å². The van der Waals surface area contributed by atoms with Crippen LogP contribution >= 0.6 is 22.7 Å². The van der Waals surface area contributed by atoms with Gasteiger partial charge in [0.25, 0.3) is 5.91 Å². The molecular weight excluding hydrogens is 358 g/mol. The minimum absolute atomic E-state index is 0.100. The van der Waals surface area contributed by atoms with Crippen molar-refractivity contribution in [3.05, 3.63) is 41.3 Å². The summed E-state index contributed by atoms with van der Waals surface area (Å²) in [5, 5.41) is 13.1. The number of carbonyl (C=O) groups excluding carboxylic acids is 1. The second-order valence-electron chi connectivity index (χ2n) is 5.87. The predicted molar refractivity (Wildman–Crippen MR) is 98.9 cm³/mol. The Morgan fingerprint density at radius 3 is 2.72 bits per heavy atom. The fraction of sp³-hybridized carbons (Fsp3) is 0.235. The molecule has 6 nitrogen and oxygen atoms in total. The van der Waals surface area contributed by atoms with Gasteiger partial charge >= 0.3 is 5.97 Å². The smallest absolute Gasteiger partial charge is 0.308 e. The molecule has 0 saturated carbocycles. The number of rotatable bonds is 4. The Bertz CT molecular complexity index is 904. The summed E-state index contributed by atoms with van der Waals surface area (Å²) >= 11 is 2.86. The highest BCUT2D eigenvalue weighted by Crippen LogP contribution is 2.35. The molecule has 3 heterocycles. The van der Waals surface area contributed by atoms with Gasteiger partial charge in [-0.25, -0.2) is 4.98 Å². The number of fused-ring (bicyclic) bond motifs is 1. The molecule has 4 rings (SSSR count). The Hall–Kier alpha value is -2.45. The average molecular weight is 373 g/mol. The van der Waals surface area contributed by atoms with Crippen molar-refractivity contribution in [2.75, 3.05) is 18.4 Å². The van der Waals surface area contributed by atoms with E-state index in [4.69, 9.17) is 5.11 Å². The molecule has 25 heavy (non-hydrogen) atoms. The fourth-order valence-electron chi connectivity index (χ4n) is 2.84. The van der Waals surface area contributed by atoms with Crippen molar-refractivity contribution in [3.8, 4) is 0 Å². The third kappa shape index (κ3) is 3.22. The Morgan fingerprint density at radius 1 is 1.24 bits per heavy atom. The van der Waals surface area contributed by atoms with Crippen LogP contribution in [0.5, 0.6) is 0 Å². The lowest BCUT2D eigenvalue weighted by Crippen LogP contribution is -2.29. The van der Waals surface area contributed by atoms with Gasteiger partial charge in [-0.15, -0.1) is 11.3 Å². The minimum atomic E-state index is -0.833. The van der Waals surface area contributed by atoms with Crippen LogP contribution in [-0.4, -0.2) is 40.0 Å². The van der Waals surface area contributed by atoms with Crippen molar-refractivity contribution in [2.45, 2.75) is 6.42 Å². The van der Waals surface area contributed by atoms with Crippen LogP contribution in [-0.2, 0) is 4.79 Å². The van der Waals surface area contributed by atoms with E-state index in [1.807, 2.05) is 36.4 Å². The molecule has 0 bridgehead atoms. The zero-order chi connectivity index (χ0) is 17.4. The van der Waals surface area contributed by atoms with Crippen LogP contribution < -0.4 is 5.32 Å². The molecule has 8 heteroatoms. The number of carboxylic acid groups (broad SMARTS) is 1. The number of nitrogens with zero attached hydrogens (tertiary/aromatic N) is 2. The summed E-state index contributed by atoms with van der Waals surface area (Å²) in [7, 11) is 0. The van der Waals surface area contributed by atoms with Crippen molar-refractivity contribution in [2.24, 2.45) is 5.92 Å². The maximum atomic E-state index is 12.6. The number of hydrogen-bond donors (Lipinski definition) is 2. The lowest BCUT2D eigenvalue weighted by atomic mass is 10.1. The molecule has 1 aliphatic rings. The van der Waals surface area contributed by atoms with E-state index < -0.39 is 11.9 Å². The number of nitrogens with one attached hydrogen (secondary N) is 1. The summed E-state index contributed by atoms with van der Waals surface area (Å²) in [6.45, 7) is 0.781. The lowest BCUT2D eigenvalue weighted by Gasteiger charge is -2.14. The van der Waals surface area contributed by atoms with Crippen LogP contribution in [0.1, 0.15) is 16.1 Å². The number of thiophene rings is 1. The predicted octanol–water partition coefficient (Wildman–Crippen LogP) is 3.65. The lowest BCUT2D eigenvalue weighted by molar-refractivity contribution is -0.141.